The Hall–Kier alpha value is -1.93. The number of aryl methyl sites for hydroxylation is 1. The van der Waals surface area contributed by atoms with Gasteiger partial charge in [0.1, 0.15) is 5.82 Å². The highest BCUT2D eigenvalue weighted by Crippen LogP contribution is 2.17. The summed E-state index contributed by atoms with van der Waals surface area (Å²) in [5, 5.41) is 9.73. The summed E-state index contributed by atoms with van der Waals surface area (Å²) in [6, 6.07) is 9.74. The first-order valence-electron chi connectivity index (χ1n) is 5.19. The molecule has 0 aliphatic carbocycles. The molecular formula is C12H12N4S. The molecular weight excluding hydrogens is 232 g/mol. The molecule has 1 aromatic heterocycles. The topological polar surface area (TPSA) is 52.8 Å². The highest BCUT2D eigenvalue weighted by Gasteiger charge is 2.07. The molecule has 0 aliphatic rings. The molecule has 0 bridgehead atoms. The quantitative estimate of drug-likeness (QED) is 0.831. The zero-order valence-electron chi connectivity index (χ0n) is 9.71. The monoisotopic (exact) mass is 244 g/mol. The summed E-state index contributed by atoms with van der Waals surface area (Å²) in [6.45, 7) is 2.61. The van der Waals surface area contributed by atoms with Gasteiger partial charge in [0.15, 0.2) is 0 Å². The summed E-state index contributed by atoms with van der Waals surface area (Å²) in [7, 11) is 1.97. The van der Waals surface area contributed by atoms with Gasteiger partial charge in [0.05, 0.1) is 11.6 Å². The van der Waals surface area contributed by atoms with Gasteiger partial charge >= 0.3 is 0 Å². The second kappa shape index (κ2) is 4.93. The molecule has 4 nitrogen and oxygen atoms in total. The Morgan fingerprint density at radius 3 is 2.94 bits per heavy atom. The molecule has 0 spiro atoms. The fraction of sp³-hybridized carbons (Fsp3) is 0.250. The maximum atomic E-state index is 8.83. The van der Waals surface area contributed by atoms with Gasteiger partial charge in [-0.2, -0.15) is 9.64 Å². The van der Waals surface area contributed by atoms with E-state index in [1.54, 1.807) is 6.07 Å². The van der Waals surface area contributed by atoms with Crippen LogP contribution >= 0.6 is 11.5 Å². The van der Waals surface area contributed by atoms with Crippen LogP contribution in [0, 0.1) is 18.3 Å². The lowest BCUT2D eigenvalue weighted by atomic mass is 10.1. The first kappa shape index (κ1) is 11.6. The van der Waals surface area contributed by atoms with Crippen molar-refractivity contribution in [1.29, 1.82) is 5.26 Å². The average molecular weight is 244 g/mol. The van der Waals surface area contributed by atoms with Gasteiger partial charge in [-0.25, -0.2) is 4.98 Å². The van der Waals surface area contributed by atoms with E-state index in [4.69, 9.17) is 5.26 Å². The van der Waals surface area contributed by atoms with Gasteiger partial charge in [0.2, 0.25) is 5.13 Å². The van der Waals surface area contributed by atoms with Gasteiger partial charge in [0, 0.05) is 25.1 Å². The minimum atomic E-state index is 0.685. The predicted octanol–water partition coefficient (Wildman–Crippen LogP) is 2.35. The Morgan fingerprint density at radius 1 is 1.47 bits per heavy atom. The number of benzene rings is 1. The normalized spacial score (nSPS) is 9.94. The molecule has 2 rings (SSSR count). The summed E-state index contributed by atoms with van der Waals surface area (Å²) < 4.78 is 4.15. The van der Waals surface area contributed by atoms with Crippen LogP contribution in [0.5, 0.6) is 0 Å². The Morgan fingerprint density at radius 2 is 2.29 bits per heavy atom. The SMILES string of the molecule is Cc1nsc(N(C)Cc2cccc(C#N)c2)n1. The third kappa shape index (κ3) is 2.80. The van der Waals surface area contributed by atoms with Crippen LogP contribution in [0.4, 0.5) is 5.13 Å². The molecule has 2 aromatic rings. The summed E-state index contributed by atoms with van der Waals surface area (Å²) in [6.07, 6.45) is 0. The highest BCUT2D eigenvalue weighted by atomic mass is 32.1. The van der Waals surface area contributed by atoms with Crippen LogP contribution in [0.25, 0.3) is 0 Å². The van der Waals surface area contributed by atoms with Crippen molar-refractivity contribution >= 4 is 16.7 Å². The highest BCUT2D eigenvalue weighted by molar-refractivity contribution is 7.09. The molecule has 86 valence electrons. The van der Waals surface area contributed by atoms with Crippen molar-refractivity contribution in [2.75, 3.05) is 11.9 Å². The third-order valence-electron chi connectivity index (χ3n) is 2.32. The smallest absolute Gasteiger partial charge is 0.205 e. The number of rotatable bonds is 3. The molecule has 5 heteroatoms. The lowest BCUT2D eigenvalue weighted by molar-refractivity contribution is 0.909. The number of aromatic nitrogens is 2. The fourth-order valence-electron chi connectivity index (χ4n) is 1.52. The summed E-state index contributed by atoms with van der Waals surface area (Å²) in [5.41, 5.74) is 1.78. The van der Waals surface area contributed by atoms with E-state index in [9.17, 15) is 0 Å². The number of nitrogens with zero attached hydrogens (tertiary/aromatic N) is 4. The first-order valence-corrected chi connectivity index (χ1v) is 5.97. The molecule has 1 heterocycles. The molecule has 0 saturated heterocycles. The Labute approximate surface area is 104 Å². The zero-order chi connectivity index (χ0) is 12.3. The molecule has 0 amide bonds. The van der Waals surface area contributed by atoms with E-state index in [1.165, 1.54) is 11.5 Å². The minimum Gasteiger partial charge on any atom is -0.346 e. The van der Waals surface area contributed by atoms with Crippen molar-refractivity contribution in [3.8, 4) is 6.07 Å². The lowest BCUT2D eigenvalue weighted by Crippen LogP contribution is -2.16. The van der Waals surface area contributed by atoms with Crippen LogP contribution in [-0.2, 0) is 6.54 Å². The molecule has 0 atom stereocenters. The predicted molar refractivity (Wildman–Crippen MR) is 67.9 cm³/mol. The standard InChI is InChI=1S/C12H12N4S/c1-9-14-12(17-15-9)16(2)8-11-5-3-4-10(6-11)7-13/h3-6H,8H2,1-2H3. The Bertz CT molecular complexity index is 556. The van der Waals surface area contributed by atoms with Gasteiger partial charge in [0.25, 0.3) is 0 Å². The number of hydrogen-bond donors (Lipinski definition) is 0. The van der Waals surface area contributed by atoms with E-state index >= 15 is 0 Å². The zero-order valence-corrected chi connectivity index (χ0v) is 10.5. The van der Waals surface area contributed by atoms with Crippen molar-refractivity contribution in [3.63, 3.8) is 0 Å². The molecule has 0 radical (unpaired) electrons. The maximum Gasteiger partial charge on any atom is 0.205 e. The molecule has 17 heavy (non-hydrogen) atoms. The lowest BCUT2D eigenvalue weighted by Gasteiger charge is -2.14. The van der Waals surface area contributed by atoms with Gasteiger partial charge in [-0.05, 0) is 24.6 Å². The van der Waals surface area contributed by atoms with Crippen molar-refractivity contribution < 1.29 is 0 Å². The van der Waals surface area contributed by atoms with E-state index < -0.39 is 0 Å². The average Bonchev–Trinajstić information content (AvgIpc) is 2.76. The van der Waals surface area contributed by atoms with Crippen LogP contribution in [0.2, 0.25) is 0 Å². The molecule has 0 unspecified atom stereocenters. The minimum absolute atomic E-state index is 0.685. The van der Waals surface area contributed by atoms with Crippen molar-refractivity contribution in [2.45, 2.75) is 13.5 Å². The molecule has 0 fully saturated rings. The van der Waals surface area contributed by atoms with Gasteiger partial charge in [-0.3, -0.25) is 0 Å². The second-order valence-electron chi connectivity index (χ2n) is 3.79. The second-order valence-corrected chi connectivity index (χ2v) is 4.52. The van der Waals surface area contributed by atoms with Gasteiger partial charge in [-0.1, -0.05) is 12.1 Å². The van der Waals surface area contributed by atoms with Crippen LogP contribution in [0.1, 0.15) is 17.0 Å². The van der Waals surface area contributed by atoms with E-state index in [-0.39, 0.29) is 0 Å². The van der Waals surface area contributed by atoms with E-state index in [2.05, 4.69) is 15.4 Å². The Balaban J connectivity index is 2.13. The van der Waals surface area contributed by atoms with Crippen LogP contribution in [-0.4, -0.2) is 16.4 Å². The molecule has 0 aliphatic heterocycles. The Kier molecular flexibility index (Phi) is 3.35. The molecule has 0 N–H and O–H groups in total. The maximum absolute atomic E-state index is 8.83. The summed E-state index contributed by atoms with van der Waals surface area (Å²) in [5.74, 6) is 0.794. The number of hydrogen-bond acceptors (Lipinski definition) is 5. The van der Waals surface area contributed by atoms with E-state index in [0.29, 0.717) is 5.56 Å². The number of nitriles is 1. The van der Waals surface area contributed by atoms with E-state index in [1.807, 2.05) is 37.1 Å². The summed E-state index contributed by atoms with van der Waals surface area (Å²) in [4.78, 5) is 6.35. The largest absolute Gasteiger partial charge is 0.346 e. The van der Waals surface area contributed by atoms with Crippen molar-refractivity contribution in [1.82, 2.24) is 9.36 Å². The fourth-order valence-corrected chi connectivity index (χ4v) is 2.15. The van der Waals surface area contributed by atoms with Crippen molar-refractivity contribution in [3.05, 3.63) is 41.2 Å². The van der Waals surface area contributed by atoms with E-state index in [0.717, 1.165) is 23.1 Å². The van der Waals surface area contributed by atoms with Crippen molar-refractivity contribution in [2.24, 2.45) is 0 Å². The summed E-state index contributed by atoms with van der Waals surface area (Å²) >= 11 is 1.39. The van der Waals surface area contributed by atoms with Crippen LogP contribution in [0.3, 0.4) is 0 Å². The van der Waals surface area contributed by atoms with Gasteiger partial charge in [-0.15, -0.1) is 0 Å². The third-order valence-corrected chi connectivity index (χ3v) is 3.24. The van der Waals surface area contributed by atoms with Crippen LogP contribution in [0.15, 0.2) is 24.3 Å². The first-order chi connectivity index (χ1) is 8.19. The molecule has 0 saturated carbocycles. The number of anilines is 1. The molecule has 1 aromatic carbocycles. The van der Waals surface area contributed by atoms with Crippen LogP contribution < -0.4 is 4.90 Å². The van der Waals surface area contributed by atoms with Gasteiger partial charge < -0.3 is 4.90 Å².